The molecule has 0 spiro atoms. The molecule has 2 heteroatoms. The fourth-order valence-corrected chi connectivity index (χ4v) is 2.79. The maximum absolute atomic E-state index is 10.6. The number of carbonyl (C=O) groups excluding carboxylic acids is 1. The van der Waals surface area contributed by atoms with Crippen LogP contribution in [0.5, 0.6) is 0 Å². The smallest absolute Gasteiger partial charge is 0.168 e. The molecule has 0 bridgehead atoms. The Labute approximate surface area is 148 Å². The van der Waals surface area contributed by atoms with Crippen LogP contribution in [0.1, 0.15) is 107 Å². The van der Waals surface area contributed by atoms with Crippen LogP contribution in [0.15, 0.2) is 18.2 Å². The summed E-state index contributed by atoms with van der Waals surface area (Å²) in [5, 5.41) is 0. The number of carbonyl (C=O) groups is 1. The van der Waals surface area contributed by atoms with Crippen molar-refractivity contribution in [1.82, 2.24) is 4.98 Å². The first-order chi connectivity index (χ1) is 11.9. The lowest BCUT2D eigenvalue weighted by atomic mass is 10.0. The van der Waals surface area contributed by atoms with Crippen LogP contribution >= 0.6 is 0 Å². The summed E-state index contributed by atoms with van der Waals surface area (Å²) in [6.45, 7) is 2.27. The monoisotopic (exact) mass is 327 g/mol. The highest BCUT2D eigenvalue weighted by molar-refractivity contribution is 5.71. The van der Waals surface area contributed by atoms with E-state index in [4.69, 9.17) is 0 Å². The van der Waals surface area contributed by atoms with Gasteiger partial charge in [-0.3, -0.25) is 4.79 Å². The zero-order chi connectivity index (χ0) is 17.3. The fraction of sp³-hybridized carbons (Fsp3) is 0.636. The Balaban J connectivity index is 1.92. The lowest BCUT2D eigenvalue weighted by molar-refractivity contribution is 0.111. The Hall–Kier alpha value is -1.62. The van der Waals surface area contributed by atoms with Gasteiger partial charge in [0.25, 0.3) is 0 Å². The highest BCUT2D eigenvalue weighted by Crippen LogP contribution is 2.12. The zero-order valence-electron chi connectivity index (χ0n) is 15.4. The van der Waals surface area contributed by atoms with Gasteiger partial charge in [0.15, 0.2) is 6.29 Å². The number of rotatable bonds is 13. The first-order valence-electron chi connectivity index (χ1n) is 9.78. The quantitative estimate of drug-likeness (QED) is 0.240. The zero-order valence-corrected chi connectivity index (χ0v) is 15.4. The minimum absolute atomic E-state index is 0.451. The summed E-state index contributed by atoms with van der Waals surface area (Å²) in [5.74, 6) is 6.20. The Bertz CT molecular complexity index is 498. The van der Waals surface area contributed by atoms with E-state index in [1.165, 1.54) is 70.6 Å². The molecule has 0 aliphatic carbocycles. The van der Waals surface area contributed by atoms with Gasteiger partial charge in [0, 0.05) is 6.42 Å². The average Bonchev–Trinajstić information content (AvgIpc) is 2.62. The van der Waals surface area contributed by atoms with Gasteiger partial charge >= 0.3 is 0 Å². The van der Waals surface area contributed by atoms with Crippen molar-refractivity contribution < 1.29 is 4.79 Å². The fourth-order valence-electron chi connectivity index (χ4n) is 2.79. The minimum atomic E-state index is 0.451. The lowest BCUT2D eigenvalue weighted by Gasteiger charge is -2.01. The Morgan fingerprint density at radius 3 is 2.04 bits per heavy atom. The van der Waals surface area contributed by atoms with E-state index in [-0.39, 0.29) is 0 Å². The largest absolute Gasteiger partial charge is 0.296 e. The molecular weight excluding hydrogens is 294 g/mol. The molecule has 0 N–H and O–H groups in total. The minimum Gasteiger partial charge on any atom is -0.296 e. The van der Waals surface area contributed by atoms with E-state index in [2.05, 4.69) is 23.7 Å². The van der Waals surface area contributed by atoms with Gasteiger partial charge in [-0.25, -0.2) is 4.98 Å². The molecule has 0 unspecified atom stereocenters. The summed E-state index contributed by atoms with van der Waals surface area (Å²) in [7, 11) is 0. The number of aromatic nitrogens is 1. The third kappa shape index (κ3) is 11.0. The van der Waals surface area contributed by atoms with E-state index in [0.717, 1.165) is 19.1 Å². The molecule has 0 aliphatic heterocycles. The summed E-state index contributed by atoms with van der Waals surface area (Å²) >= 11 is 0. The summed E-state index contributed by atoms with van der Waals surface area (Å²) < 4.78 is 0. The van der Waals surface area contributed by atoms with Crippen LogP contribution in [-0.4, -0.2) is 11.3 Å². The number of pyridine rings is 1. The van der Waals surface area contributed by atoms with Crippen molar-refractivity contribution >= 4 is 6.29 Å². The molecule has 0 fully saturated rings. The van der Waals surface area contributed by atoms with Crippen LogP contribution in [0.3, 0.4) is 0 Å². The van der Waals surface area contributed by atoms with Crippen molar-refractivity contribution in [2.75, 3.05) is 0 Å². The van der Waals surface area contributed by atoms with Gasteiger partial charge in [0.05, 0.1) is 0 Å². The highest BCUT2D eigenvalue weighted by atomic mass is 16.1. The van der Waals surface area contributed by atoms with Gasteiger partial charge in [-0.2, -0.15) is 0 Å². The third-order valence-electron chi connectivity index (χ3n) is 4.26. The summed E-state index contributed by atoms with van der Waals surface area (Å²) in [5.41, 5.74) is 1.14. The van der Waals surface area contributed by atoms with Gasteiger partial charge in [-0.1, -0.05) is 89.5 Å². The molecule has 0 saturated carbocycles. The van der Waals surface area contributed by atoms with Gasteiger partial charge in [0.2, 0.25) is 0 Å². The molecular formula is C22H33NO. The van der Waals surface area contributed by atoms with Crippen molar-refractivity contribution in [3.63, 3.8) is 0 Å². The van der Waals surface area contributed by atoms with Gasteiger partial charge in [-0.05, 0) is 24.5 Å². The molecule has 24 heavy (non-hydrogen) atoms. The first-order valence-corrected chi connectivity index (χ1v) is 9.78. The SMILES string of the molecule is CCCCCCCCCCCCCCC#Cc1cccc(C=O)n1. The van der Waals surface area contributed by atoms with Crippen molar-refractivity contribution in [1.29, 1.82) is 0 Å². The van der Waals surface area contributed by atoms with Crippen molar-refractivity contribution in [2.45, 2.75) is 90.4 Å². The van der Waals surface area contributed by atoms with Crippen LogP contribution in [0.2, 0.25) is 0 Å². The number of unbranched alkanes of at least 4 members (excludes halogenated alkanes) is 12. The molecule has 1 heterocycles. The van der Waals surface area contributed by atoms with Gasteiger partial charge in [-0.15, -0.1) is 0 Å². The Kier molecular flexibility index (Phi) is 12.7. The average molecular weight is 328 g/mol. The van der Waals surface area contributed by atoms with Crippen LogP contribution in [0.4, 0.5) is 0 Å². The van der Waals surface area contributed by atoms with E-state index >= 15 is 0 Å². The molecule has 1 rings (SSSR count). The molecule has 1 aromatic rings. The number of nitrogens with zero attached hydrogens (tertiary/aromatic N) is 1. The predicted octanol–water partition coefficient (Wildman–Crippen LogP) is 6.34. The van der Waals surface area contributed by atoms with E-state index in [1.807, 2.05) is 12.1 Å². The topological polar surface area (TPSA) is 30.0 Å². The van der Waals surface area contributed by atoms with Crippen molar-refractivity contribution in [3.05, 3.63) is 29.6 Å². The second kappa shape index (κ2) is 14.9. The molecule has 0 aromatic carbocycles. The van der Waals surface area contributed by atoms with Gasteiger partial charge < -0.3 is 0 Å². The second-order valence-electron chi connectivity index (χ2n) is 6.51. The molecule has 0 aliphatic rings. The molecule has 1 aromatic heterocycles. The first kappa shape index (κ1) is 20.4. The van der Waals surface area contributed by atoms with Crippen LogP contribution < -0.4 is 0 Å². The number of hydrogen-bond acceptors (Lipinski definition) is 2. The van der Waals surface area contributed by atoms with Crippen molar-refractivity contribution in [3.8, 4) is 11.8 Å². The lowest BCUT2D eigenvalue weighted by Crippen LogP contribution is -1.88. The van der Waals surface area contributed by atoms with Crippen LogP contribution in [0, 0.1) is 11.8 Å². The predicted molar refractivity (Wildman–Crippen MR) is 102 cm³/mol. The standard InChI is InChI=1S/C22H33NO/c1-2-3-4-5-6-7-8-9-10-11-12-13-14-15-17-21-18-16-19-22(20-24)23-21/h16,18-20H,2-14H2,1H3. The van der Waals surface area contributed by atoms with E-state index in [1.54, 1.807) is 6.07 Å². The van der Waals surface area contributed by atoms with E-state index in [0.29, 0.717) is 11.4 Å². The maximum Gasteiger partial charge on any atom is 0.168 e. The number of hydrogen-bond donors (Lipinski definition) is 0. The second-order valence-corrected chi connectivity index (χ2v) is 6.51. The number of aldehydes is 1. The molecule has 0 radical (unpaired) electrons. The highest BCUT2D eigenvalue weighted by Gasteiger charge is 1.94. The summed E-state index contributed by atoms with van der Waals surface area (Å²) in [6, 6.07) is 5.37. The molecule has 0 amide bonds. The van der Waals surface area contributed by atoms with Crippen LogP contribution in [0.25, 0.3) is 0 Å². The van der Waals surface area contributed by atoms with Crippen molar-refractivity contribution in [2.24, 2.45) is 0 Å². The summed E-state index contributed by atoms with van der Waals surface area (Å²) in [6.07, 6.45) is 18.0. The normalized spacial score (nSPS) is 10.2. The molecule has 0 saturated heterocycles. The Morgan fingerprint density at radius 1 is 0.875 bits per heavy atom. The Morgan fingerprint density at radius 2 is 1.46 bits per heavy atom. The van der Waals surface area contributed by atoms with Crippen LogP contribution in [-0.2, 0) is 0 Å². The molecule has 132 valence electrons. The van der Waals surface area contributed by atoms with E-state index < -0.39 is 0 Å². The van der Waals surface area contributed by atoms with E-state index in [9.17, 15) is 4.79 Å². The molecule has 0 atom stereocenters. The summed E-state index contributed by atoms with van der Waals surface area (Å²) in [4.78, 5) is 14.8. The van der Waals surface area contributed by atoms with Gasteiger partial charge in [0.1, 0.15) is 11.4 Å². The molecule has 2 nitrogen and oxygen atoms in total. The third-order valence-corrected chi connectivity index (χ3v) is 4.26. The maximum atomic E-state index is 10.6.